The van der Waals surface area contributed by atoms with E-state index in [1.54, 1.807) is 0 Å². The Morgan fingerprint density at radius 2 is 2.21 bits per heavy atom. The average molecular weight is 210 g/mol. The van der Waals surface area contributed by atoms with E-state index in [4.69, 9.17) is 0 Å². The fourth-order valence-electron chi connectivity index (χ4n) is 1.56. The number of carbonyl (C=O) groups excluding carboxylic acids is 1. The number of hydrogen-bond acceptors (Lipinski definition) is 2. The van der Waals surface area contributed by atoms with E-state index >= 15 is 0 Å². The molecule has 1 heterocycles. The second-order valence-corrected chi connectivity index (χ2v) is 3.54. The predicted octanol–water partition coefficient (Wildman–Crippen LogP) is 0.617. The maximum Gasteiger partial charge on any atom is 0.471 e. The molecule has 1 aliphatic heterocycles. The van der Waals surface area contributed by atoms with Crippen molar-refractivity contribution < 1.29 is 18.0 Å². The molecule has 14 heavy (non-hydrogen) atoms. The minimum absolute atomic E-state index is 0.145. The SMILES string of the molecule is CN(CC1CCNC1)C(=O)C(F)(F)F. The number of alkyl halides is 3. The third-order valence-electron chi connectivity index (χ3n) is 2.28. The molecule has 0 aliphatic carbocycles. The maximum absolute atomic E-state index is 12.0. The van der Waals surface area contributed by atoms with Gasteiger partial charge in [0.25, 0.3) is 0 Å². The van der Waals surface area contributed by atoms with Crippen LogP contribution in [0.1, 0.15) is 6.42 Å². The van der Waals surface area contributed by atoms with E-state index in [1.807, 2.05) is 0 Å². The van der Waals surface area contributed by atoms with Crippen LogP contribution in [-0.2, 0) is 4.79 Å². The van der Waals surface area contributed by atoms with E-state index in [-0.39, 0.29) is 12.5 Å². The minimum Gasteiger partial charge on any atom is -0.338 e. The maximum atomic E-state index is 12.0. The molecule has 0 saturated carbocycles. The van der Waals surface area contributed by atoms with Gasteiger partial charge >= 0.3 is 12.1 Å². The van der Waals surface area contributed by atoms with Crippen LogP contribution < -0.4 is 5.32 Å². The first kappa shape index (κ1) is 11.3. The molecule has 3 nitrogen and oxygen atoms in total. The van der Waals surface area contributed by atoms with Gasteiger partial charge in [-0.25, -0.2) is 0 Å². The molecule has 1 unspecified atom stereocenters. The number of amides is 1. The van der Waals surface area contributed by atoms with Gasteiger partial charge in [0.15, 0.2) is 0 Å². The van der Waals surface area contributed by atoms with Gasteiger partial charge in [0.2, 0.25) is 0 Å². The highest BCUT2D eigenvalue weighted by atomic mass is 19.4. The topological polar surface area (TPSA) is 32.3 Å². The molecular weight excluding hydrogens is 197 g/mol. The number of nitrogens with one attached hydrogen (secondary N) is 1. The second-order valence-electron chi connectivity index (χ2n) is 3.54. The Labute approximate surface area is 80.3 Å². The van der Waals surface area contributed by atoms with E-state index < -0.39 is 12.1 Å². The number of rotatable bonds is 2. The van der Waals surface area contributed by atoms with Crippen LogP contribution in [0.25, 0.3) is 0 Å². The van der Waals surface area contributed by atoms with Crippen LogP contribution >= 0.6 is 0 Å². The Kier molecular flexibility index (Phi) is 3.36. The summed E-state index contributed by atoms with van der Waals surface area (Å²) in [5.74, 6) is -1.62. The van der Waals surface area contributed by atoms with Crippen LogP contribution in [0.4, 0.5) is 13.2 Å². The largest absolute Gasteiger partial charge is 0.471 e. The zero-order chi connectivity index (χ0) is 10.8. The molecule has 0 radical (unpaired) electrons. The van der Waals surface area contributed by atoms with E-state index in [0.717, 1.165) is 17.9 Å². The highest BCUT2D eigenvalue weighted by molar-refractivity contribution is 5.81. The van der Waals surface area contributed by atoms with Gasteiger partial charge in [-0.1, -0.05) is 0 Å². The molecule has 1 N–H and O–H groups in total. The normalized spacial score (nSPS) is 22.4. The number of hydrogen-bond donors (Lipinski definition) is 1. The average Bonchev–Trinajstić information content (AvgIpc) is 2.53. The molecule has 0 bridgehead atoms. The van der Waals surface area contributed by atoms with Crippen LogP contribution in [0.15, 0.2) is 0 Å². The summed E-state index contributed by atoms with van der Waals surface area (Å²) in [7, 11) is 1.19. The lowest BCUT2D eigenvalue weighted by atomic mass is 10.1. The summed E-state index contributed by atoms with van der Waals surface area (Å²) in [6.07, 6.45) is -3.92. The number of carbonyl (C=O) groups is 1. The first-order chi connectivity index (χ1) is 6.41. The molecule has 1 fully saturated rings. The highest BCUT2D eigenvalue weighted by Gasteiger charge is 2.41. The van der Waals surface area contributed by atoms with Crippen molar-refractivity contribution in [3.8, 4) is 0 Å². The summed E-state index contributed by atoms with van der Waals surface area (Å²) in [4.78, 5) is 11.5. The van der Waals surface area contributed by atoms with Crippen molar-refractivity contribution in [3.05, 3.63) is 0 Å². The summed E-state index contributed by atoms with van der Waals surface area (Å²) in [6, 6.07) is 0. The van der Waals surface area contributed by atoms with E-state index in [9.17, 15) is 18.0 Å². The van der Waals surface area contributed by atoms with Crippen molar-refractivity contribution in [3.63, 3.8) is 0 Å². The van der Waals surface area contributed by atoms with E-state index in [0.29, 0.717) is 6.54 Å². The predicted molar refractivity (Wildman–Crippen MR) is 44.7 cm³/mol. The van der Waals surface area contributed by atoms with Crippen molar-refractivity contribution in [2.75, 3.05) is 26.7 Å². The quantitative estimate of drug-likeness (QED) is 0.724. The number of halogens is 3. The van der Waals surface area contributed by atoms with E-state index in [2.05, 4.69) is 5.32 Å². The summed E-state index contributed by atoms with van der Waals surface area (Å²) < 4.78 is 35.9. The van der Waals surface area contributed by atoms with Gasteiger partial charge in [-0.15, -0.1) is 0 Å². The summed E-state index contributed by atoms with van der Waals surface area (Å²) in [5.41, 5.74) is 0. The van der Waals surface area contributed by atoms with Gasteiger partial charge in [0, 0.05) is 13.6 Å². The molecular formula is C8H13F3N2O. The lowest BCUT2D eigenvalue weighted by molar-refractivity contribution is -0.184. The van der Waals surface area contributed by atoms with E-state index in [1.165, 1.54) is 7.05 Å². The Hall–Kier alpha value is -0.780. The van der Waals surface area contributed by atoms with Crippen LogP contribution in [0.2, 0.25) is 0 Å². The molecule has 0 aromatic heterocycles. The first-order valence-electron chi connectivity index (χ1n) is 4.44. The lowest BCUT2D eigenvalue weighted by Gasteiger charge is -2.21. The minimum atomic E-state index is -4.75. The zero-order valence-corrected chi connectivity index (χ0v) is 7.90. The molecule has 6 heteroatoms. The first-order valence-corrected chi connectivity index (χ1v) is 4.44. The van der Waals surface area contributed by atoms with Crippen LogP contribution in [0, 0.1) is 5.92 Å². The molecule has 1 saturated heterocycles. The molecule has 0 aromatic carbocycles. The van der Waals surface area contributed by atoms with Crippen LogP contribution in [0.3, 0.4) is 0 Å². The second kappa shape index (κ2) is 4.16. The zero-order valence-electron chi connectivity index (χ0n) is 7.90. The van der Waals surface area contributed by atoms with Gasteiger partial charge < -0.3 is 10.2 Å². The smallest absolute Gasteiger partial charge is 0.338 e. The van der Waals surface area contributed by atoms with Crippen molar-refractivity contribution in [2.24, 2.45) is 5.92 Å². The summed E-state index contributed by atoms with van der Waals surface area (Å²) >= 11 is 0. The highest BCUT2D eigenvalue weighted by Crippen LogP contribution is 2.19. The Morgan fingerprint density at radius 1 is 1.57 bits per heavy atom. The Balaban J connectivity index is 2.41. The monoisotopic (exact) mass is 210 g/mol. The van der Waals surface area contributed by atoms with Gasteiger partial charge in [-0.05, 0) is 25.4 Å². The van der Waals surface area contributed by atoms with Gasteiger partial charge in [-0.2, -0.15) is 13.2 Å². The molecule has 1 atom stereocenters. The fourth-order valence-corrected chi connectivity index (χ4v) is 1.56. The fraction of sp³-hybridized carbons (Fsp3) is 0.875. The summed E-state index contributed by atoms with van der Waals surface area (Å²) in [6.45, 7) is 1.68. The summed E-state index contributed by atoms with van der Waals surface area (Å²) in [5, 5.41) is 3.04. The molecule has 1 rings (SSSR count). The lowest BCUT2D eigenvalue weighted by Crippen LogP contribution is -2.41. The van der Waals surface area contributed by atoms with Crippen molar-refractivity contribution >= 4 is 5.91 Å². The third-order valence-corrected chi connectivity index (χ3v) is 2.28. The Morgan fingerprint density at radius 3 is 2.64 bits per heavy atom. The molecule has 82 valence electrons. The van der Waals surface area contributed by atoms with Gasteiger partial charge in [-0.3, -0.25) is 4.79 Å². The molecule has 1 aliphatic rings. The number of nitrogens with zero attached hydrogens (tertiary/aromatic N) is 1. The Bertz CT molecular complexity index is 211. The molecule has 0 spiro atoms. The standard InChI is InChI=1S/C8H13F3N2O/c1-13(7(14)8(9,10)11)5-6-2-3-12-4-6/h6,12H,2-5H2,1H3. The molecule has 0 aromatic rings. The molecule has 1 amide bonds. The van der Waals surface area contributed by atoms with Gasteiger partial charge in [0.05, 0.1) is 0 Å². The van der Waals surface area contributed by atoms with Gasteiger partial charge in [0.1, 0.15) is 0 Å². The van der Waals surface area contributed by atoms with Crippen molar-refractivity contribution in [2.45, 2.75) is 12.6 Å². The van der Waals surface area contributed by atoms with Crippen LogP contribution in [-0.4, -0.2) is 43.7 Å². The van der Waals surface area contributed by atoms with Crippen molar-refractivity contribution in [1.29, 1.82) is 0 Å². The van der Waals surface area contributed by atoms with Crippen molar-refractivity contribution in [1.82, 2.24) is 10.2 Å². The third kappa shape index (κ3) is 2.87. The van der Waals surface area contributed by atoms with Crippen LogP contribution in [0.5, 0.6) is 0 Å².